The number of hydrogen-bond acceptors (Lipinski definition) is 7. The number of hydrogen-bond donors (Lipinski definition) is 1. The van der Waals surface area contributed by atoms with Crippen LogP contribution in [0.1, 0.15) is 17.2 Å². The van der Waals surface area contributed by atoms with E-state index < -0.39 is 17.7 Å². The first-order chi connectivity index (χ1) is 15.3. The molecule has 8 heteroatoms. The van der Waals surface area contributed by atoms with Crippen molar-refractivity contribution in [1.29, 1.82) is 0 Å². The highest BCUT2D eigenvalue weighted by Crippen LogP contribution is 2.42. The third-order valence-corrected chi connectivity index (χ3v) is 5.39. The number of aliphatic hydroxyl groups is 1. The fourth-order valence-electron chi connectivity index (χ4n) is 3.71. The minimum absolute atomic E-state index is 0.0224. The highest BCUT2D eigenvalue weighted by atomic mass is 16.5. The number of ketones is 1. The average Bonchev–Trinajstić information content (AvgIpc) is 3.06. The van der Waals surface area contributed by atoms with E-state index in [4.69, 9.17) is 14.2 Å². The quantitative estimate of drug-likeness (QED) is 0.384. The normalized spacial score (nSPS) is 17.7. The molecule has 0 aromatic heterocycles. The fourth-order valence-corrected chi connectivity index (χ4v) is 3.71. The van der Waals surface area contributed by atoms with E-state index in [0.29, 0.717) is 41.5 Å². The molecule has 0 saturated carbocycles. The Labute approximate surface area is 187 Å². The van der Waals surface area contributed by atoms with Gasteiger partial charge in [0, 0.05) is 18.7 Å². The van der Waals surface area contributed by atoms with Gasteiger partial charge in [0.2, 0.25) is 0 Å². The molecule has 8 nitrogen and oxygen atoms in total. The number of rotatable bonds is 8. The zero-order chi connectivity index (χ0) is 23.4. The maximum atomic E-state index is 13.1. The molecule has 3 rings (SSSR count). The predicted molar refractivity (Wildman–Crippen MR) is 120 cm³/mol. The Hall–Kier alpha value is -3.52. The van der Waals surface area contributed by atoms with E-state index in [1.54, 1.807) is 42.5 Å². The summed E-state index contributed by atoms with van der Waals surface area (Å²) in [6, 6.07) is 11.1. The highest BCUT2D eigenvalue weighted by Gasteiger charge is 2.46. The molecule has 0 unspecified atom stereocenters. The van der Waals surface area contributed by atoms with Crippen LogP contribution in [-0.4, -0.2) is 75.1 Å². The van der Waals surface area contributed by atoms with Gasteiger partial charge in [-0.3, -0.25) is 9.59 Å². The lowest BCUT2D eigenvalue weighted by atomic mass is 9.95. The summed E-state index contributed by atoms with van der Waals surface area (Å²) in [5.74, 6) is -0.133. The lowest BCUT2D eigenvalue weighted by Crippen LogP contribution is -2.35. The molecular formula is C24H28N2O6. The molecule has 0 aliphatic carbocycles. The molecule has 1 heterocycles. The summed E-state index contributed by atoms with van der Waals surface area (Å²) in [6.45, 7) is 0.863. The molecule has 170 valence electrons. The van der Waals surface area contributed by atoms with Crippen molar-refractivity contribution in [1.82, 2.24) is 9.80 Å². The van der Waals surface area contributed by atoms with Gasteiger partial charge in [-0.15, -0.1) is 0 Å². The first-order valence-corrected chi connectivity index (χ1v) is 10.1. The molecule has 1 aliphatic rings. The van der Waals surface area contributed by atoms with Crippen molar-refractivity contribution >= 4 is 17.4 Å². The maximum Gasteiger partial charge on any atom is 0.295 e. The van der Waals surface area contributed by atoms with E-state index in [0.717, 1.165) is 0 Å². The van der Waals surface area contributed by atoms with Crippen LogP contribution in [-0.2, 0) is 9.59 Å². The van der Waals surface area contributed by atoms with E-state index in [9.17, 15) is 14.7 Å². The summed E-state index contributed by atoms with van der Waals surface area (Å²) in [4.78, 5) is 29.5. The molecule has 1 fully saturated rings. The summed E-state index contributed by atoms with van der Waals surface area (Å²) in [5, 5.41) is 11.1. The van der Waals surface area contributed by atoms with Gasteiger partial charge in [0.05, 0.1) is 32.9 Å². The molecule has 2 aromatic carbocycles. The van der Waals surface area contributed by atoms with Crippen molar-refractivity contribution in [2.24, 2.45) is 0 Å². The first-order valence-electron chi connectivity index (χ1n) is 10.1. The first kappa shape index (κ1) is 23.1. The van der Waals surface area contributed by atoms with Crippen molar-refractivity contribution in [3.05, 3.63) is 59.2 Å². The van der Waals surface area contributed by atoms with E-state index in [2.05, 4.69) is 0 Å². The van der Waals surface area contributed by atoms with Gasteiger partial charge in [0.1, 0.15) is 11.5 Å². The smallest absolute Gasteiger partial charge is 0.295 e. The third-order valence-electron chi connectivity index (χ3n) is 5.39. The van der Waals surface area contributed by atoms with Gasteiger partial charge >= 0.3 is 0 Å². The zero-order valence-electron chi connectivity index (χ0n) is 18.9. The van der Waals surface area contributed by atoms with Crippen LogP contribution >= 0.6 is 0 Å². The van der Waals surface area contributed by atoms with Gasteiger partial charge in [-0.25, -0.2) is 0 Å². The van der Waals surface area contributed by atoms with Crippen molar-refractivity contribution < 1.29 is 28.9 Å². The van der Waals surface area contributed by atoms with Crippen molar-refractivity contribution in [3.8, 4) is 17.2 Å². The van der Waals surface area contributed by atoms with Crippen LogP contribution in [0.5, 0.6) is 17.2 Å². The van der Waals surface area contributed by atoms with Gasteiger partial charge in [-0.2, -0.15) is 0 Å². The average molecular weight is 440 g/mol. The second kappa shape index (κ2) is 9.74. The largest absolute Gasteiger partial charge is 0.507 e. The van der Waals surface area contributed by atoms with Gasteiger partial charge in [0.15, 0.2) is 11.5 Å². The van der Waals surface area contributed by atoms with Crippen LogP contribution < -0.4 is 14.2 Å². The molecule has 0 radical (unpaired) electrons. The predicted octanol–water partition coefficient (Wildman–Crippen LogP) is 2.70. The summed E-state index contributed by atoms with van der Waals surface area (Å²) >= 11 is 0. The van der Waals surface area contributed by atoms with Gasteiger partial charge in [0.25, 0.3) is 11.7 Å². The Morgan fingerprint density at radius 3 is 2.34 bits per heavy atom. The Kier molecular flexibility index (Phi) is 7.05. The highest BCUT2D eigenvalue weighted by molar-refractivity contribution is 6.46. The van der Waals surface area contributed by atoms with Crippen LogP contribution in [0.2, 0.25) is 0 Å². The number of likely N-dealkylation sites (tertiary alicyclic amines) is 1. The minimum Gasteiger partial charge on any atom is -0.507 e. The molecular weight excluding hydrogens is 412 g/mol. The molecule has 1 aliphatic heterocycles. The van der Waals surface area contributed by atoms with E-state index in [1.165, 1.54) is 26.2 Å². The molecule has 0 spiro atoms. The molecule has 1 saturated heterocycles. The standard InChI is InChI=1S/C24H28N2O6/c1-25(2)11-12-26-21(15-9-10-18(31-4)19(14-15)32-5)20(23(28)24(26)29)22(27)16-7-6-8-17(13-16)30-3/h6-10,13-14,21,27H,11-12H2,1-5H3/t21-/m0/s1. The van der Waals surface area contributed by atoms with Crippen molar-refractivity contribution in [2.75, 3.05) is 48.5 Å². The number of aliphatic hydroxyl groups excluding tert-OH is 1. The van der Waals surface area contributed by atoms with Crippen LogP contribution in [0.15, 0.2) is 48.0 Å². The van der Waals surface area contributed by atoms with Crippen molar-refractivity contribution in [3.63, 3.8) is 0 Å². The summed E-state index contributed by atoms with van der Waals surface area (Å²) in [5.41, 5.74) is 1.04. The number of carbonyl (C=O) groups is 2. The lowest BCUT2D eigenvalue weighted by Gasteiger charge is -2.27. The molecule has 0 bridgehead atoms. The Bertz CT molecular complexity index is 1050. The van der Waals surface area contributed by atoms with Crippen LogP contribution in [0.25, 0.3) is 5.76 Å². The number of methoxy groups -OCH3 is 3. The number of carbonyl (C=O) groups excluding carboxylic acids is 2. The third kappa shape index (κ3) is 4.40. The number of likely N-dealkylation sites (N-methyl/N-ethyl adjacent to an activating group) is 1. The van der Waals surface area contributed by atoms with Gasteiger partial charge in [-0.1, -0.05) is 18.2 Å². The fraction of sp³-hybridized carbons (Fsp3) is 0.333. The monoisotopic (exact) mass is 440 g/mol. The lowest BCUT2D eigenvalue weighted by molar-refractivity contribution is -0.140. The Balaban J connectivity index is 2.19. The van der Waals surface area contributed by atoms with Crippen molar-refractivity contribution in [2.45, 2.75) is 6.04 Å². The van der Waals surface area contributed by atoms with E-state index >= 15 is 0 Å². The molecule has 1 atom stereocenters. The SMILES string of the molecule is COc1cccc(C(O)=C2C(=O)C(=O)N(CCN(C)C)[C@H]2c2ccc(OC)c(OC)c2)c1. The van der Waals surface area contributed by atoms with E-state index in [1.807, 2.05) is 19.0 Å². The number of benzene rings is 2. The summed E-state index contributed by atoms with van der Waals surface area (Å²) in [6.07, 6.45) is 0. The summed E-state index contributed by atoms with van der Waals surface area (Å²) < 4.78 is 16.0. The number of amides is 1. The number of Topliss-reactive ketones (excluding diaryl/α,β-unsaturated/α-hetero) is 1. The summed E-state index contributed by atoms with van der Waals surface area (Å²) in [7, 11) is 8.34. The molecule has 32 heavy (non-hydrogen) atoms. The van der Waals surface area contributed by atoms with Gasteiger partial charge < -0.3 is 29.1 Å². The number of ether oxygens (including phenoxy) is 3. The van der Waals surface area contributed by atoms with Crippen LogP contribution in [0.4, 0.5) is 0 Å². The molecule has 1 N–H and O–H groups in total. The topological polar surface area (TPSA) is 88.5 Å². The second-order valence-electron chi connectivity index (χ2n) is 7.64. The Morgan fingerprint density at radius 2 is 1.72 bits per heavy atom. The number of nitrogens with zero attached hydrogens (tertiary/aromatic N) is 2. The Morgan fingerprint density at radius 1 is 1.00 bits per heavy atom. The second-order valence-corrected chi connectivity index (χ2v) is 7.64. The zero-order valence-corrected chi connectivity index (χ0v) is 18.9. The molecule has 1 amide bonds. The maximum absolute atomic E-state index is 13.1. The van der Waals surface area contributed by atoms with Gasteiger partial charge in [-0.05, 0) is 43.9 Å². The minimum atomic E-state index is -0.777. The van der Waals surface area contributed by atoms with E-state index in [-0.39, 0.29) is 11.3 Å². The van der Waals surface area contributed by atoms with Crippen LogP contribution in [0, 0.1) is 0 Å². The van der Waals surface area contributed by atoms with Crippen LogP contribution in [0.3, 0.4) is 0 Å². The molecule has 2 aromatic rings.